The van der Waals surface area contributed by atoms with E-state index in [4.69, 9.17) is 9.05 Å². The van der Waals surface area contributed by atoms with Crippen molar-refractivity contribution in [3.63, 3.8) is 0 Å². The van der Waals surface area contributed by atoms with Gasteiger partial charge in [-0.05, 0) is 70.6 Å². The lowest BCUT2D eigenvalue weighted by molar-refractivity contribution is -0.870. The van der Waals surface area contributed by atoms with Crippen LogP contribution in [0.3, 0.4) is 0 Å². The van der Waals surface area contributed by atoms with E-state index in [-0.39, 0.29) is 19.1 Å². The van der Waals surface area contributed by atoms with Crippen LogP contribution < -0.4 is 10.2 Å². The number of likely N-dealkylation sites (N-methyl/N-ethyl adjacent to an activating group) is 1. The van der Waals surface area contributed by atoms with Gasteiger partial charge in [0.15, 0.2) is 0 Å². The molecule has 0 saturated carbocycles. The summed E-state index contributed by atoms with van der Waals surface area (Å²) in [5.41, 5.74) is 0. The number of allylic oxidation sites excluding steroid dienone is 14. The fourth-order valence-corrected chi connectivity index (χ4v) is 7.09. The van der Waals surface area contributed by atoms with Crippen LogP contribution in [0.2, 0.25) is 0 Å². The highest BCUT2D eigenvalue weighted by molar-refractivity contribution is 7.45. The maximum atomic E-state index is 12.9. The summed E-state index contributed by atoms with van der Waals surface area (Å²) in [6.45, 7) is 4.56. The van der Waals surface area contributed by atoms with Gasteiger partial charge in [0.05, 0.1) is 39.9 Å². The maximum Gasteiger partial charge on any atom is 0.268 e. The summed E-state index contributed by atoms with van der Waals surface area (Å²) < 4.78 is 23.3. The summed E-state index contributed by atoms with van der Waals surface area (Å²) in [6.07, 6.45) is 57.3. The first-order valence-electron chi connectivity index (χ1n) is 23.9. The van der Waals surface area contributed by atoms with Crippen molar-refractivity contribution in [2.45, 2.75) is 193 Å². The van der Waals surface area contributed by atoms with Crippen LogP contribution in [-0.2, 0) is 18.4 Å². The summed E-state index contributed by atoms with van der Waals surface area (Å²) in [5, 5.41) is 13.9. The molecule has 8 nitrogen and oxygen atoms in total. The number of carbonyl (C=O) groups is 1. The summed E-state index contributed by atoms with van der Waals surface area (Å²) in [6, 6.07) is -0.823. The molecule has 0 heterocycles. The second kappa shape index (κ2) is 42.0. The predicted octanol–water partition coefficient (Wildman–Crippen LogP) is 13.1. The Morgan fingerprint density at radius 3 is 1.47 bits per heavy atom. The summed E-state index contributed by atoms with van der Waals surface area (Å²) in [5.74, 6) is -0.201. The maximum absolute atomic E-state index is 12.9. The number of hydrogen-bond acceptors (Lipinski definition) is 6. The quantitative estimate of drug-likeness (QED) is 0.0274. The van der Waals surface area contributed by atoms with Gasteiger partial charge in [-0.15, -0.1) is 0 Å². The van der Waals surface area contributed by atoms with Crippen molar-refractivity contribution >= 4 is 13.7 Å². The molecule has 3 unspecified atom stereocenters. The Balaban J connectivity index is 4.38. The van der Waals surface area contributed by atoms with Gasteiger partial charge >= 0.3 is 0 Å². The van der Waals surface area contributed by atoms with Crippen LogP contribution >= 0.6 is 7.82 Å². The third-order valence-corrected chi connectivity index (χ3v) is 11.1. The highest BCUT2D eigenvalue weighted by Crippen LogP contribution is 2.38. The van der Waals surface area contributed by atoms with Crippen molar-refractivity contribution in [2.24, 2.45) is 0 Å². The standard InChI is InChI=1S/C51H91N2O6P/c1-6-8-10-12-14-16-18-20-21-22-23-24-25-26-27-28-29-30-31-33-35-37-39-41-43-45-51(55)52-49(48-59-60(56,57)58-47-46-53(3,4)5)50(54)44-42-40-38-36-34-32-19-17-15-13-11-9-7-2/h8,10,14,16,20-21,23-24,26-27,29-30,33,35,49-50,54H,6-7,9,11-13,15,17-19,22,25,28,31-32,34,36-48H2,1-5H3,(H-,52,55,56,57)/b10-8-,16-14-,21-20-,24-23-,27-26-,30-29-,35-33-. The smallest absolute Gasteiger partial charge is 0.268 e. The molecule has 0 aliphatic heterocycles. The van der Waals surface area contributed by atoms with E-state index in [1.165, 1.54) is 64.2 Å². The molecule has 0 aliphatic carbocycles. The number of rotatable bonds is 42. The van der Waals surface area contributed by atoms with Gasteiger partial charge in [-0.1, -0.05) is 189 Å². The molecule has 0 spiro atoms. The van der Waals surface area contributed by atoms with E-state index in [2.05, 4.69) is 104 Å². The summed E-state index contributed by atoms with van der Waals surface area (Å²) in [4.78, 5) is 25.4. The topological polar surface area (TPSA) is 108 Å². The number of nitrogens with zero attached hydrogens (tertiary/aromatic N) is 1. The van der Waals surface area contributed by atoms with Gasteiger partial charge in [0.1, 0.15) is 13.2 Å². The lowest BCUT2D eigenvalue weighted by Crippen LogP contribution is -2.46. The van der Waals surface area contributed by atoms with E-state index in [1.807, 2.05) is 21.1 Å². The molecule has 346 valence electrons. The second-order valence-electron chi connectivity index (χ2n) is 17.1. The highest BCUT2D eigenvalue weighted by atomic mass is 31.2. The van der Waals surface area contributed by atoms with Crippen LogP contribution in [0.5, 0.6) is 0 Å². The average Bonchev–Trinajstić information content (AvgIpc) is 3.20. The number of phosphoric ester groups is 1. The first-order valence-corrected chi connectivity index (χ1v) is 25.4. The molecule has 0 saturated heterocycles. The molecule has 2 N–H and O–H groups in total. The molecule has 3 atom stereocenters. The number of unbranched alkanes of at least 4 members (excludes halogenated alkanes) is 15. The average molecular weight is 859 g/mol. The molecule has 0 aromatic heterocycles. The number of carbonyl (C=O) groups excluding carboxylic acids is 1. The first-order chi connectivity index (χ1) is 29.0. The summed E-state index contributed by atoms with van der Waals surface area (Å²) >= 11 is 0. The minimum atomic E-state index is -4.58. The number of phosphoric acid groups is 1. The Bertz CT molecular complexity index is 1250. The molecular formula is C51H91N2O6P. The van der Waals surface area contributed by atoms with E-state index < -0.39 is 20.0 Å². The predicted molar refractivity (Wildman–Crippen MR) is 256 cm³/mol. The SMILES string of the molecule is CC/C=C\C/C=C\C/C=C\C/C=C\C/C=C\C/C=C\C/C=C\CCCCCC(=O)NC(COP(=O)([O-])OCC[N+](C)(C)C)C(O)CCCCCCCCCCCCCCC. The van der Waals surface area contributed by atoms with Gasteiger partial charge in [0.2, 0.25) is 5.91 Å². The van der Waals surface area contributed by atoms with Crippen molar-refractivity contribution in [2.75, 3.05) is 40.9 Å². The molecule has 0 radical (unpaired) electrons. The van der Waals surface area contributed by atoms with E-state index in [0.717, 1.165) is 89.9 Å². The number of nitrogens with one attached hydrogen (secondary N) is 1. The van der Waals surface area contributed by atoms with Crippen LogP contribution in [0, 0.1) is 0 Å². The van der Waals surface area contributed by atoms with Crippen LogP contribution in [0.15, 0.2) is 85.1 Å². The van der Waals surface area contributed by atoms with Crippen LogP contribution in [0.25, 0.3) is 0 Å². The van der Waals surface area contributed by atoms with E-state index >= 15 is 0 Å². The van der Waals surface area contributed by atoms with Crippen molar-refractivity contribution in [3.8, 4) is 0 Å². The van der Waals surface area contributed by atoms with E-state index in [1.54, 1.807) is 0 Å². The van der Waals surface area contributed by atoms with Gasteiger partial charge in [0, 0.05) is 6.42 Å². The fraction of sp³-hybridized carbons (Fsp3) is 0.706. The van der Waals surface area contributed by atoms with Gasteiger partial charge in [0.25, 0.3) is 7.82 Å². The molecule has 0 aromatic carbocycles. The van der Waals surface area contributed by atoms with Crippen molar-refractivity contribution in [3.05, 3.63) is 85.1 Å². The van der Waals surface area contributed by atoms with Gasteiger partial charge < -0.3 is 28.8 Å². The van der Waals surface area contributed by atoms with E-state index in [0.29, 0.717) is 23.9 Å². The number of amides is 1. The largest absolute Gasteiger partial charge is 0.756 e. The zero-order chi connectivity index (χ0) is 44.3. The summed E-state index contributed by atoms with van der Waals surface area (Å²) in [7, 11) is 1.27. The highest BCUT2D eigenvalue weighted by Gasteiger charge is 2.24. The van der Waals surface area contributed by atoms with Gasteiger partial charge in [-0.2, -0.15) is 0 Å². The van der Waals surface area contributed by atoms with Crippen molar-refractivity contribution in [1.82, 2.24) is 5.32 Å². The first kappa shape index (κ1) is 57.7. The Kier molecular flexibility index (Phi) is 40.4. The Morgan fingerprint density at radius 2 is 1.02 bits per heavy atom. The van der Waals surface area contributed by atoms with Crippen molar-refractivity contribution in [1.29, 1.82) is 0 Å². The van der Waals surface area contributed by atoms with Crippen LogP contribution in [0.4, 0.5) is 0 Å². The molecule has 9 heteroatoms. The molecule has 0 fully saturated rings. The molecular weight excluding hydrogens is 768 g/mol. The van der Waals surface area contributed by atoms with Gasteiger partial charge in [-0.25, -0.2) is 0 Å². The fourth-order valence-electron chi connectivity index (χ4n) is 6.37. The second-order valence-corrected chi connectivity index (χ2v) is 18.5. The third kappa shape index (κ3) is 43.8. The lowest BCUT2D eigenvalue weighted by atomic mass is 10.0. The van der Waals surface area contributed by atoms with E-state index in [9.17, 15) is 19.4 Å². The molecule has 60 heavy (non-hydrogen) atoms. The third-order valence-electron chi connectivity index (χ3n) is 10.1. The number of hydrogen-bond donors (Lipinski definition) is 2. The van der Waals surface area contributed by atoms with Crippen molar-refractivity contribution < 1.29 is 32.9 Å². The lowest BCUT2D eigenvalue weighted by Gasteiger charge is -2.30. The number of quaternary nitrogens is 1. The molecule has 0 bridgehead atoms. The Hall–Kier alpha value is -2.32. The van der Waals surface area contributed by atoms with Crippen LogP contribution in [0.1, 0.15) is 181 Å². The van der Waals surface area contributed by atoms with Gasteiger partial charge in [-0.3, -0.25) is 9.36 Å². The minimum absolute atomic E-state index is 0.000508. The number of aliphatic hydroxyl groups excluding tert-OH is 1. The minimum Gasteiger partial charge on any atom is -0.756 e. The molecule has 0 aliphatic rings. The monoisotopic (exact) mass is 859 g/mol. The normalized spacial score (nSPS) is 15.0. The molecule has 0 rings (SSSR count). The van der Waals surface area contributed by atoms with Crippen LogP contribution in [-0.4, -0.2) is 68.5 Å². The Morgan fingerprint density at radius 1 is 0.600 bits per heavy atom. The molecule has 0 aromatic rings. The zero-order valence-corrected chi connectivity index (χ0v) is 40.0. The zero-order valence-electron chi connectivity index (χ0n) is 39.1. The number of aliphatic hydroxyl groups is 1. The Labute approximate surface area is 369 Å². The molecule has 1 amide bonds.